The SMILES string of the molecule is CCCCCC(=O)N1CCC(CC(=O)NCc2cccnc2)C(CC)C1. The number of aromatic nitrogens is 1. The highest BCUT2D eigenvalue weighted by molar-refractivity contribution is 5.77. The zero-order valence-corrected chi connectivity index (χ0v) is 16.2. The van der Waals surface area contributed by atoms with Crippen molar-refractivity contribution >= 4 is 11.8 Å². The van der Waals surface area contributed by atoms with Crippen molar-refractivity contribution in [2.75, 3.05) is 13.1 Å². The largest absolute Gasteiger partial charge is 0.352 e. The zero-order chi connectivity index (χ0) is 18.8. The van der Waals surface area contributed by atoms with Crippen LogP contribution in [0.4, 0.5) is 0 Å². The number of rotatable bonds is 9. The van der Waals surface area contributed by atoms with Crippen LogP contribution >= 0.6 is 0 Å². The number of carbonyl (C=O) groups excluding carboxylic acids is 2. The molecule has 1 N–H and O–H groups in total. The van der Waals surface area contributed by atoms with E-state index < -0.39 is 0 Å². The fourth-order valence-electron chi connectivity index (χ4n) is 3.74. The molecule has 1 aliphatic heterocycles. The molecule has 0 aliphatic carbocycles. The summed E-state index contributed by atoms with van der Waals surface area (Å²) in [5, 5.41) is 3.00. The summed E-state index contributed by atoms with van der Waals surface area (Å²) in [4.78, 5) is 30.8. The quantitative estimate of drug-likeness (QED) is 0.686. The normalized spacial score (nSPS) is 20.0. The number of carbonyl (C=O) groups is 2. The number of hydrogen-bond acceptors (Lipinski definition) is 3. The van der Waals surface area contributed by atoms with Gasteiger partial charge in [0.2, 0.25) is 11.8 Å². The zero-order valence-electron chi connectivity index (χ0n) is 16.2. The molecule has 2 atom stereocenters. The number of pyridine rings is 1. The van der Waals surface area contributed by atoms with Crippen molar-refractivity contribution in [1.29, 1.82) is 0 Å². The van der Waals surface area contributed by atoms with E-state index in [2.05, 4.69) is 24.1 Å². The summed E-state index contributed by atoms with van der Waals surface area (Å²) in [6.45, 7) is 6.45. The Labute approximate surface area is 157 Å². The minimum atomic E-state index is 0.0972. The topological polar surface area (TPSA) is 62.3 Å². The van der Waals surface area contributed by atoms with Crippen molar-refractivity contribution in [2.45, 2.75) is 65.3 Å². The molecule has 1 saturated heterocycles. The molecule has 2 unspecified atom stereocenters. The van der Waals surface area contributed by atoms with E-state index in [1.165, 1.54) is 0 Å². The molecule has 0 saturated carbocycles. The predicted molar refractivity (Wildman–Crippen MR) is 103 cm³/mol. The number of hydrogen-bond donors (Lipinski definition) is 1. The predicted octanol–water partition coefficient (Wildman–Crippen LogP) is 3.54. The second-order valence-electron chi connectivity index (χ2n) is 7.36. The summed E-state index contributed by atoms with van der Waals surface area (Å²) >= 11 is 0. The lowest BCUT2D eigenvalue weighted by molar-refractivity contribution is -0.134. The van der Waals surface area contributed by atoms with E-state index in [0.717, 1.165) is 50.8 Å². The van der Waals surface area contributed by atoms with Crippen LogP contribution in [0.25, 0.3) is 0 Å². The van der Waals surface area contributed by atoms with E-state index in [-0.39, 0.29) is 11.8 Å². The molecule has 144 valence electrons. The third-order valence-corrected chi connectivity index (χ3v) is 5.42. The number of piperidine rings is 1. The van der Waals surface area contributed by atoms with Gasteiger partial charge in [0.05, 0.1) is 0 Å². The molecule has 2 heterocycles. The highest BCUT2D eigenvalue weighted by Crippen LogP contribution is 2.29. The molecular weight excluding hydrogens is 326 g/mol. The minimum Gasteiger partial charge on any atom is -0.352 e. The first kappa shape index (κ1) is 20.4. The molecule has 0 aromatic carbocycles. The van der Waals surface area contributed by atoms with Gasteiger partial charge in [-0.25, -0.2) is 0 Å². The van der Waals surface area contributed by atoms with Gasteiger partial charge in [0.25, 0.3) is 0 Å². The van der Waals surface area contributed by atoms with E-state index in [4.69, 9.17) is 0 Å². The Morgan fingerprint density at radius 2 is 2.12 bits per heavy atom. The lowest BCUT2D eigenvalue weighted by Gasteiger charge is -2.38. The Kier molecular flexibility index (Phi) is 8.59. The lowest BCUT2D eigenvalue weighted by Crippen LogP contribution is -2.44. The lowest BCUT2D eigenvalue weighted by atomic mass is 9.81. The maximum atomic E-state index is 12.4. The van der Waals surface area contributed by atoms with Gasteiger partial charge in [0, 0.05) is 44.9 Å². The molecule has 0 radical (unpaired) electrons. The molecule has 1 aliphatic rings. The molecule has 1 fully saturated rings. The van der Waals surface area contributed by atoms with E-state index >= 15 is 0 Å². The van der Waals surface area contributed by atoms with Gasteiger partial charge in [-0.05, 0) is 36.3 Å². The monoisotopic (exact) mass is 359 g/mol. The van der Waals surface area contributed by atoms with Crippen LogP contribution in [0.15, 0.2) is 24.5 Å². The third-order valence-electron chi connectivity index (χ3n) is 5.42. The summed E-state index contributed by atoms with van der Waals surface area (Å²) in [5.41, 5.74) is 1.01. The van der Waals surface area contributed by atoms with E-state index in [1.54, 1.807) is 12.4 Å². The molecule has 5 nitrogen and oxygen atoms in total. The van der Waals surface area contributed by atoms with Crippen molar-refractivity contribution < 1.29 is 9.59 Å². The first-order valence-electron chi connectivity index (χ1n) is 10.1. The smallest absolute Gasteiger partial charge is 0.222 e. The van der Waals surface area contributed by atoms with Crippen molar-refractivity contribution in [3.8, 4) is 0 Å². The molecule has 1 aromatic heterocycles. The Morgan fingerprint density at radius 1 is 1.27 bits per heavy atom. The fourth-order valence-corrected chi connectivity index (χ4v) is 3.74. The number of unbranched alkanes of at least 4 members (excludes halogenated alkanes) is 2. The van der Waals surface area contributed by atoms with Gasteiger partial charge in [0.15, 0.2) is 0 Å². The Morgan fingerprint density at radius 3 is 2.81 bits per heavy atom. The second kappa shape index (κ2) is 10.9. The summed E-state index contributed by atoms with van der Waals surface area (Å²) in [6.07, 6.45) is 9.92. The van der Waals surface area contributed by atoms with Gasteiger partial charge in [0.1, 0.15) is 0 Å². The maximum Gasteiger partial charge on any atom is 0.222 e. The number of nitrogens with one attached hydrogen (secondary N) is 1. The number of likely N-dealkylation sites (tertiary alicyclic amines) is 1. The van der Waals surface area contributed by atoms with E-state index in [0.29, 0.717) is 31.2 Å². The molecule has 5 heteroatoms. The van der Waals surface area contributed by atoms with Gasteiger partial charge in [-0.2, -0.15) is 0 Å². The molecule has 2 rings (SSSR count). The maximum absolute atomic E-state index is 12.4. The van der Waals surface area contributed by atoms with Crippen molar-refractivity contribution in [1.82, 2.24) is 15.2 Å². The molecule has 1 aromatic rings. The summed E-state index contributed by atoms with van der Waals surface area (Å²) < 4.78 is 0. The second-order valence-corrected chi connectivity index (χ2v) is 7.36. The Bertz CT molecular complexity index is 562. The highest BCUT2D eigenvalue weighted by Gasteiger charge is 2.31. The molecule has 0 spiro atoms. The number of nitrogens with zero attached hydrogens (tertiary/aromatic N) is 2. The minimum absolute atomic E-state index is 0.0972. The van der Waals surface area contributed by atoms with E-state index in [1.807, 2.05) is 17.0 Å². The van der Waals surface area contributed by atoms with Gasteiger partial charge in [-0.3, -0.25) is 14.6 Å². The van der Waals surface area contributed by atoms with E-state index in [9.17, 15) is 9.59 Å². The Hall–Kier alpha value is -1.91. The van der Waals surface area contributed by atoms with Crippen LogP contribution in [0.2, 0.25) is 0 Å². The molecular formula is C21H33N3O2. The van der Waals surface area contributed by atoms with Crippen LogP contribution in [0.5, 0.6) is 0 Å². The van der Waals surface area contributed by atoms with Crippen LogP contribution in [0, 0.1) is 11.8 Å². The molecule has 26 heavy (non-hydrogen) atoms. The van der Waals surface area contributed by atoms with Crippen LogP contribution < -0.4 is 5.32 Å². The van der Waals surface area contributed by atoms with Crippen molar-refractivity contribution in [3.05, 3.63) is 30.1 Å². The van der Waals surface area contributed by atoms with Gasteiger partial charge >= 0.3 is 0 Å². The summed E-state index contributed by atoms with van der Waals surface area (Å²) in [7, 11) is 0. The molecule has 0 bridgehead atoms. The summed E-state index contributed by atoms with van der Waals surface area (Å²) in [6, 6.07) is 3.84. The Balaban J connectivity index is 1.77. The standard InChI is InChI=1S/C21H33N3O2/c1-3-5-6-9-21(26)24-12-10-19(18(4-2)16-24)13-20(25)23-15-17-8-7-11-22-14-17/h7-8,11,14,18-19H,3-6,9-10,12-13,15-16H2,1-2H3,(H,23,25). The first-order valence-corrected chi connectivity index (χ1v) is 10.1. The summed E-state index contributed by atoms with van der Waals surface area (Å²) in [5.74, 6) is 1.17. The average molecular weight is 360 g/mol. The fraction of sp³-hybridized carbons (Fsp3) is 0.667. The van der Waals surface area contributed by atoms with Crippen molar-refractivity contribution in [3.63, 3.8) is 0 Å². The van der Waals surface area contributed by atoms with Crippen LogP contribution in [-0.4, -0.2) is 34.8 Å². The third kappa shape index (κ3) is 6.43. The van der Waals surface area contributed by atoms with Gasteiger partial charge in [-0.15, -0.1) is 0 Å². The van der Waals surface area contributed by atoms with Crippen LogP contribution in [-0.2, 0) is 16.1 Å². The van der Waals surface area contributed by atoms with Gasteiger partial charge < -0.3 is 10.2 Å². The van der Waals surface area contributed by atoms with Crippen molar-refractivity contribution in [2.24, 2.45) is 11.8 Å². The average Bonchev–Trinajstić information content (AvgIpc) is 2.67. The number of amides is 2. The van der Waals surface area contributed by atoms with Crippen LogP contribution in [0.3, 0.4) is 0 Å². The molecule has 2 amide bonds. The van der Waals surface area contributed by atoms with Crippen LogP contribution in [0.1, 0.15) is 64.4 Å². The first-order chi connectivity index (χ1) is 12.6. The van der Waals surface area contributed by atoms with Gasteiger partial charge in [-0.1, -0.05) is 39.2 Å². The highest BCUT2D eigenvalue weighted by atomic mass is 16.2.